The first-order valence-corrected chi connectivity index (χ1v) is 7.37. The summed E-state index contributed by atoms with van der Waals surface area (Å²) in [6.07, 6.45) is 3.78. The van der Waals surface area contributed by atoms with Crippen molar-refractivity contribution in [1.29, 1.82) is 0 Å². The van der Waals surface area contributed by atoms with Gasteiger partial charge >= 0.3 is 0 Å². The van der Waals surface area contributed by atoms with Crippen molar-refractivity contribution in [2.24, 2.45) is 5.92 Å². The zero-order valence-electron chi connectivity index (χ0n) is 11.5. The maximum absolute atomic E-state index is 10.4. The van der Waals surface area contributed by atoms with Crippen LogP contribution in [0, 0.1) is 5.92 Å². The summed E-state index contributed by atoms with van der Waals surface area (Å²) in [4.78, 5) is 2.45. The molecule has 1 saturated heterocycles. The van der Waals surface area contributed by atoms with Crippen LogP contribution in [0.25, 0.3) is 0 Å². The molecule has 1 aromatic rings. The molecule has 1 aliphatic rings. The van der Waals surface area contributed by atoms with E-state index in [1.54, 1.807) is 0 Å². The van der Waals surface area contributed by atoms with Gasteiger partial charge in [0.15, 0.2) is 0 Å². The fraction of sp³-hybridized carbons (Fsp3) is 0.625. The number of hydrogen-bond acceptors (Lipinski definition) is 3. The van der Waals surface area contributed by atoms with Crippen LogP contribution in [-0.2, 0) is 0 Å². The van der Waals surface area contributed by atoms with E-state index in [2.05, 4.69) is 4.90 Å². The number of aliphatic hydroxyl groups excluding tert-OH is 2. The van der Waals surface area contributed by atoms with Gasteiger partial charge in [-0.3, -0.25) is 0 Å². The van der Waals surface area contributed by atoms with Gasteiger partial charge < -0.3 is 15.1 Å². The number of rotatable bonds is 6. The first kappa shape index (κ1) is 14.5. The monoisotopic (exact) mass is 263 g/mol. The minimum Gasteiger partial charge on any atom is -0.396 e. The number of benzene rings is 1. The van der Waals surface area contributed by atoms with E-state index in [0.29, 0.717) is 12.5 Å². The maximum atomic E-state index is 10.4. The zero-order valence-corrected chi connectivity index (χ0v) is 11.5. The van der Waals surface area contributed by atoms with Gasteiger partial charge in [0.25, 0.3) is 0 Å². The molecule has 0 aromatic heterocycles. The van der Waals surface area contributed by atoms with Crippen molar-refractivity contribution in [3.63, 3.8) is 0 Å². The van der Waals surface area contributed by atoms with Crippen molar-refractivity contribution in [3.05, 3.63) is 35.9 Å². The lowest BCUT2D eigenvalue weighted by Gasteiger charge is -2.34. The van der Waals surface area contributed by atoms with Crippen LogP contribution >= 0.6 is 0 Å². The number of unbranched alkanes of at least 4 members (excludes halogenated alkanes) is 1. The number of piperidine rings is 1. The van der Waals surface area contributed by atoms with Crippen LogP contribution < -0.4 is 0 Å². The van der Waals surface area contributed by atoms with E-state index in [9.17, 15) is 5.11 Å². The average Bonchev–Trinajstić information content (AvgIpc) is 2.48. The van der Waals surface area contributed by atoms with Crippen LogP contribution in [0.5, 0.6) is 0 Å². The van der Waals surface area contributed by atoms with E-state index in [4.69, 9.17) is 5.11 Å². The molecule has 19 heavy (non-hydrogen) atoms. The second-order valence-electron chi connectivity index (χ2n) is 5.47. The Bertz CT molecular complexity index is 347. The number of likely N-dealkylation sites (tertiary alicyclic amines) is 1. The van der Waals surface area contributed by atoms with E-state index in [1.165, 1.54) is 0 Å². The molecule has 3 heteroatoms. The largest absolute Gasteiger partial charge is 0.396 e. The quantitative estimate of drug-likeness (QED) is 0.773. The number of aliphatic hydroxyl groups is 2. The van der Waals surface area contributed by atoms with Crippen molar-refractivity contribution in [1.82, 2.24) is 4.90 Å². The predicted molar refractivity (Wildman–Crippen MR) is 76.9 cm³/mol. The van der Waals surface area contributed by atoms with Crippen molar-refractivity contribution < 1.29 is 10.2 Å². The zero-order chi connectivity index (χ0) is 13.5. The van der Waals surface area contributed by atoms with Crippen LogP contribution in [0.2, 0.25) is 0 Å². The summed E-state index contributed by atoms with van der Waals surface area (Å²) in [5.41, 5.74) is 1.04. The third-order valence-electron chi connectivity index (χ3n) is 4.10. The first-order chi connectivity index (χ1) is 9.31. The highest BCUT2D eigenvalue weighted by atomic mass is 16.3. The van der Waals surface area contributed by atoms with Crippen molar-refractivity contribution in [2.75, 3.05) is 26.2 Å². The Balaban J connectivity index is 1.77. The van der Waals surface area contributed by atoms with Gasteiger partial charge in [-0.15, -0.1) is 0 Å². The predicted octanol–water partition coefficient (Wildman–Crippen LogP) is 2.20. The number of nitrogens with zero attached hydrogens (tertiary/aromatic N) is 1. The molecule has 0 radical (unpaired) electrons. The topological polar surface area (TPSA) is 43.7 Å². The molecule has 0 amide bonds. The lowest BCUT2D eigenvalue weighted by atomic mass is 9.87. The molecule has 0 saturated carbocycles. The van der Waals surface area contributed by atoms with Crippen molar-refractivity contribution in [2.45, 2.75) is 31.8 Å². The van der Waals surface area contributed by atoms with Crippen molar-refractivity contribution >= 4 is 0 Å². The van der Waals surface area contributed by atoms with Gasteiger partial charge in [0.05, 0.1) is 6.10 Å². The first-order valence-electron chi connectivity index (χ1n) is 7.37. The highest BCUT2D eigenvalue weighted by molar-refractivity contribution is 5.18. The maximum Gasteiger partial charge on any atom is 0.0819 e. The standard InChI is InChI=1S/C16H25NO2/c18-13-5-4-10-17-11-8-15(9-12-17)16(19)14-6-2-1-3-7-14/h1-3,6-7,15-16,18-19H,4-5,8-13H2. The molecule has 1 heterocycles. The SMILES string of the molecule is OCCCCN1CCC(C(O)c2ccccc2)CC1. The van der Waals surface area contributed by atoms with E-state index in [1.807, 2.05) is 30.3 Å². The third kappa shape index (κ3) is 4.30. The van der Waals surface area contributed by atoms with Gasteiger partial charge in [-0.1, -0.05) is 30.3 Å². The van der Waals surface area contributed by atoms with Gasteiger partial charge in [-0.2, -0.15) is 0 Å². The summed E-state index contributed by atoms with van der Waals surface area (Å²) in [5.74, 6) is 0.386. The summed E-state index contributed by atoms with van der Waals surface area (Å²) in [7, 11) is 0. The lowest BCUT2D eigenvalue weighted by Crippen LogP contribution is -2.36. The molecule has 1 atom stereocenters. The van der Waals surface area contributed by atoms with E-state index >= 15 is 0 Å². The van der Waals surface area contributed by atoms with Crippen LogP contribution in [-0.4, -0.2) is 41.4 Å². The molecule has 1 aliphatic heterocycles. The van der Waals surface area contributed by atoms with Crippen molar-refractivity contribution in [3.8, 4) is 0 Å². The van der Waals surface area contributed by atoms with E-state index < -0.39 is 0 Å². The lowest BCUT2D eigenvalue weighted by molar-refractivity contribution is 0.0581. The Morgan fingerprint density at radius 1 is 1.11 bits per heavy atom. The minimum absolute atomic E-state index is 0.295. The van der Waals surface area contributed by atoms with Crippen LogP contribution in [0.1, 0.15) is 37.4 Å². The summed E-state index contributed by atoms with van der Waals surface area (Å²) >= 11 is 0. The average molecular weight is 263 g/mol. The second kappa shape index (κ2) is 7.63. The fourth-order valence-corrected chi connectivity index (χ4v) is 2.86. The normalized spacial score (nSPS) is 19.5. The third-order valence-corrected chi connectivity index (χ3v) is 4.10. The minimum atomic E-state index is -0.319. The Morgan fingerprint density at radius 3 is 2.42 bits per heavy atom. The molecule has 106 valence electrons. The smallest absolute Gasteiger partial charge is 0.0819 e. The molecule has 0 spiro atoms. The van der Waals surface area contributed by atoms with Gasteiger partial charge in [-0.25, -0.2) is 0 Å². The molecule has 3 nitrogen and oxygen atoms in total. The second-order valence-corrected chi connectivity index (χ2v) is 5.47. The molecule has 1 aromatic carbocycles. The van der Waals surface area contributed by atoms with Crippen LogP contribution in [0.3, 0.4) is 0 Å². The van der Waals surface area contributed by atoms with Gasteiger partial charge in [0.1, 0.15) is 0 Å². The Morgan fingerprint density at radius 2 is 1.79 bits per heavy atom. The van der Waals surface area contributed by atoms with E-state index in [-0.39, 0.29) is 6.10 Å². The molecule has 1 fully saturated rings. The van der Waals surface area contributed by atoms with Crippen LogP contribution in [0.15, 0.2) is 30.3 Å². The summed E-state index contributed by atoms with van der Waals surface area (Å²) < 4.78 is 0. The Hall–Kier alpha value is -0.900. The molecule has 2 N–H and O–H groups in total. The fourth-order valence-electron chi connectivity index (χ4n) is 2.86. The number of hydrogen-bond donors (Lipinski definition) is 2. The van der Waals surface area contributed by atoms with Gasteiger partial charge in [0.2, 0.25) is 0 Å². The molecular formula is C16H25NO2. The highest BCUT2D eigenvalue weighted by Crippen LogP contribution is 2.30. The summed E-state index contributed by atoms with van der Waals surface area (Å²) in [6.45, 7) is 3.51. The Kier molecular flexibility index (Phi) is 5.83. The molecule has 0 aliphatic carbocycles. The summed E-state index contributed by atoms with van der Waals surface area (Å²) in [6, 6.07) is 9.99. The highest BCUT2D eigenvalue weighted by Gasteiger charge is 2.25. The molecule has 2 rings (SSSR count). The van der Waals surface area contributed by atoms with E-state index in [0.717, 1.165) is 50.9 Å². The Labute approximate surface area is 115 Å². The van der Waals surface area contributed by atoms with Gasteiger partial charge in [0, 0.05) is 6.61 Å². The summed E-state index contributed by atoms with van der Waals surface area (Å²) in [5, 5.41) is 19.2. The molecule has 0 bridgehead atoms. The molecular weight excluding hydrogens is 238 g/mol. The molecule has 1 unspecified atom stereocenters. The van der Waals surface area contributed by atoms with Gasteiger partial charge in [-0.05, 0) is 56.8 Å². The van der Waals surface area contributed by atoms with Crippen LogP contribution in [0.4, 0.5) is 0 Å².